The van der Waals surface area contributed by atoms with Gasteiger partial charge in [-0.05, 0) is 37.2 Å². The molecule has 1 N–H and O–H groups in total. The van der Waals surface area contributed by atoms with Crippen molar-refractivity contribution in [3.8, 4) is 0 Å². The summed E-state index contributed by atoms with van der Waals surface area (Å²) in [6.07, 6.45) is 11.4. The van der Waals surface area contributed by atoms with Gasteiger partial charge in [-0.15, -0.1) is 0 Å². The van der Waals surface area contributed by atoms with Crippen LogP contribution < -0.4 is 5.32 Å². The van der Waals surface area contributed by atoms with Crippen LogP contribution in [-0.2, 0) is 0 Å². The maximum atomic E-state index is 12.5. The maximum Gasteiger partial charge on any atom is 0.271 e. The number of hydrogen-bond acceptors (Lipinski definition) is 6. The summed E-state index contributed by atoms with van der Waals surface area (Å²) in [5.74, 6) is -0.183. The van der Waals surface area contributed by atoms with E-state index in [0.717, 1.165) is 25.7 Å². The molecular weight excluding hydrogens is 332 g/mol. The highest BCUT2D eigenvalue weighted by atomic mass is 16.2. The third-order valence-corrected chi connectivity index (χ3v) is 5.65. The third-order valence-electron chi connectivity index (χ3n) is 5.65. The summed E-state index contributed by atoms with van der Waals surface area (Å²) in [5, 5.41) is 10.6. The van der Waals surface area contributed by atoms with Gasteiger partial charge in [0.05, 0.1) is 24.2 Å². The predicted octanol–water partition coefficient (Wildman–Crippen LogP) is 1.08. The molecule has 0 aromatic carbocycles. The molecule has 1 saturated heterocycles. The molecular formula is C18H20N6O2. The van der Waals surface area contributed by atoms with Crippen molar-refractivity contribution < 1.29 is 9.59 Å². The Morgan fingerprint density at radius 1 is 1.08 bits per heavy atom. The summed E-state index contributed by atoms with van der Waals surface area (Å²) >= 11 is 0. The number of aromatic nitrogens is 4. The first-order valence-electron chi connectivity index (χ1n) is 8.81. The molecule has 2 fully saturated rings. The molecule has 2 aliphatic rings. The van der Waals surface area contributed by atoms with Gasteiger partial charge in [-0.3, -0.25) is 14.6 Å². The molecule has 2 aromatic rings. The van der Waals surface area contributed by atoms with Gasteiger partial charge in [-0.1, -0.05) is 0 Å². The molecule has 2 aromatic heterocycles. The van der Waals surface area contributed by atoms with Gasteiger partial charge in [-0.25, -0.2) is 4.98 Å². The number of carbonyl (C=O) groups excluding carboxylic acids is 2. The smallest absolute Gasteiger partial charge is 0.271 e. The van der Waals surface area contributed by atoms with E-state index in [0.29, 0.717) is 24.3 Å². The van der Waals surface area contributed by atoms with E-state index in [1.54, 1.807) is 12.3 Å². The van der Waals surface area contributed by atoms with Gasteiger partial charge in [0.25, 0.3) is 11.8 Å². The zero-order valence-electron chi connectivity index (χ0n) is 14.3. The fraction of sp³-hybridized carbons (Fsp3) is 0.444. The molecule has 134 valence electrons. The van der Waals surface area contributed by atoms with Gasteiger partial charge >= 0.3 is 0 Å². The van der Waals surface area contributed by atoms with Crippen LogP contribution in [0.1, 0.15) is 46.5 Å². The molecule has 8 nitrogen and oxygen atoms in total. The highest BCUT2D eigenvalue weighted by Gasteiger charge is 2.49. The van der Waals surface area contributed by atoms with Crippen LogP contribution in [0.25, 0.3) is 0 Å². The van der Waals surface area contributed by atoms with E-state index < -0.39 is 0 Å². The Morgan fingerprint density at radius 2 is 1.92 bits per heavy atom. The van der Waals surface area contributed by atoms with Gasteiger partial charge in [0, 0.05) is 31.5 Å². The topological polar surface area (TPSA) is 101 Å². The van der Waals surface area contributed by atoms with E-state index in [1.165, 1.54) is 24.8 Å². The monoisotopic (exact) mass is 352 g/mol. The summed E-state index contributed by atoms with van der Waals surface area (Å²) in [4.78, 5) is 34.7. The van der Waals surface area contributed by atoms with Crippen LogP contribution in [0.4, 0.5) is 0 Å². The summed E-state index contributed by atoms with van der Waals surface area (Å²) in [5.41, 5.74) is 0.995. The van der Waals surface area contributed by atoms with Crippen LogP contribution in [0.5, 0.6) is 0 Å². The second kappa shape index (κ2) is 6.78. The lowest BCUT2D eigenvalue weighted by molar-refractivity contribution is -0.00241. The zero-order valence-corrected chi connectivity index (χ0v) is 14.3. The molecule has 1 atom stereocenters. The Bertz CT molecular complexity index is 790. The van der Waals surface area contributed by atoms with E-state index in [9.17, 15) is 9.59 Å². The van der Waals surface area contributed by atoms with Crippen molar-refractivity contribution in [3.05, 3.63) is 48.3 Å². The fourth-order valence-corrected chi connectivity index (χ4v) is 3.92. The molecule has 1 saturated carbocycles. The van der Waals surface area contributed by atoms with Crippen LogP contribution >= 0.6 is 0 Å². The Kier molecular flexibility index (Phi) is 4.32. The molecule has 2 amide bonds. The van der Waals surface area contributed by atoms with Gasteiger partial charge < -0.3 is 10.2 Å². The van der Waals surface area contributed by atoms with Crippen molar-refractivity contribution in [2.75, 3.05) is 13.1 Å². The standard InChI is InChI=1S/C18H20N6O2/c25-16(14-12-19-7-8-20-14)23-15-1-3-18(15)4-9-24(10-5-18)17(26)13-2-6-21-22-11-13/h2,6-8,11-12,15H,1,3-5,9-10H2,(H,23,25). The molecule has 1 unspecified atom stereocenters. The largest absolute Gasteiger partial charge is 0.347 e. The number of rotatable bonds is 3. The average Bonchev–Trinajstić information content (AvgIpc) is 2.72. The molecule has 0 radical (unpaired) electrons. The quantitative estimate of drug-likeness (QED) is 0.887. The number of nitrogens with one attached hydrogen (secondary N) is 1. The van der Waals surface area contributed by atoms with E-state index in [2.05, 4.69) is 25.5 Å². The lowest BCUT2D eigenvalue weighted by Gasteiger charge is -2.54. The predicted molar refractivity (Wildman–Crippen MR) is 92.1 cm³/mol. The molecule has 1 aliphatic carbocycles. The highest BCUT2D eigenvalue weighted by Crippen LogP contribution is 2.49. The van der Waals surface area contributed by atoms with Crippen LogP contribution in [0, 0.1) is 5.41 Å². The number of nitrogens with zero attached hydrogens (tertiary/aromatic N) is 5. The molecule has 0 bridgehead atoms. The minimum Gasteiger partial charge on any atom is -0.347 e. The van der Waals surface area contributed by atoms with E-state index in [4.69, 9.17) is 0 Å². The summed E-state index contributed by atoms with van der Waals surface area (Å²) in [6.45, 7) is 1.39. The maximum absolute atomic E-state index is 12.5. The van der Waals surface area contributed by atoms with Crippen LogP contribution in [0.3, 0.4) is 0 Å². The zero-order chi connectivity index (χ0) is 18.0. The summed E-state index contributed by atoms with van der Waals surface area (Å²) < 4.78 is 0. The first-order chi connectivity index (χ1) is 12.7. The third kappa shape index (κ3) is 3.02. The first-order valence-corrected chi connectivity index (χ1v) is 8.81. The van der Waals surface area contributed by atoms with E-state index >= 15 is 0 Å². The molecule has 26 heavy (non-hydrogen) atoms. The lowest BCUT2D eigenvalue weighted by atomic mass is 9.59. The van der Waals surface area contributed by atoms with E-state index in [1.807, 2.05) is 4.90 Å². The number of amides is 2. The number of likely N-dealkylation sites (tertiary alicyclic amines) is 1. The van der Waals surface area contributed by atoms with Gasteiger partial charge in [0.1, 0.15) is 5.69 Å². The van der Waals surface area contributed by atoms with Crippen LogP contribution in [0.2, 0.25) is 0 Å². The van der Waals surface area contributed by atoms with Crippen molar-refractivity contribution in [2.24, 2.45) is 5.41 Å². The van der Waals surface area contributed by atoms with Crippen molar-refractivity contribution in [1.29, 1.82) is 0 Å². The van der Waals surface area contributed by atoms with Gasteiger partial charge in [0.15, 0.2) is 0 Å². The SMILES string of the molecule is O=C(NC1CCC12CCN(C(=O)c1ccnnc1)CC2)c1cnccn1. The fourth-order valence-electron chi connectivity index (χ4n) is 3.92. The minimum atomic E-state index is -0.177. The normalized spacial score (nSPS) is 21.1. The molecule has 4 rings (SSSR count). The van der Waals surface area contributed by atoms with Crippen molar-refractivity contribution in [1.82, 2.24) is 30.4 Å². The Hall–Kier alpha value is -2.90. The van der Waals surface area contributed by atoms with Gasteiger partial charge in [0.2, 0.25) is 0 Å². The molecule has 3 heterocycles. The molecule has 8 heteroatoms. The molecule has 1 spiro atoms. The summed E-state index contributed by atoms with van der Waals surface area (Å²) in [6, 6.07) is 1.82. The number of hydrogen-bond donors (Lipinski definition) is 1. The Balaban J connectivity index is 1.36. The van der Waals surface area contributed by atoms with Crippen molar-refractivity contribution in [3.63, 3.8) is 0 Å². The first kappa shape index (κ1) is 16.6. The highest BCUT2D eigenvalue weighted by molar-refractivity contribution is 5.94. The van der Waals surface area contributed by atoms with Gasteiger partial charge in [-0.2, -0.15) is 10.2 Å². The second-order valence-electron chi connectivity index (χ2n) is 6.94. The van der Waals surface area contributed by atoms with Crippen molar-refractivity contribution in [2.45, 2.75) is 31.7 Å². The van der Waals surface area contributed by atoms with Crippen LogP contribution in [0.15, 0.2) is 37.1 Å². The Morgan fingerprint density at radius 3 is 2.54 bits per heavy atom. The molecule has 1 aliphatic heterocycles. The second-order valence-corrected chi connectivity index (χ2v) is 6.94. The lowest BCUT2D eigenvalue weighted by Crippen LogP contribution is -2.59. The summed E-state index contributed by atoms with van der Waals surface area (Å²) in [7, 11) is 0. The Labute approximate surface area is 151 Å². The average molecular weight is 352 g/mol. The number of piperidine rings is 1. The van der Waals surface area contributed by atoms with Crippen molar-refractivity contribution >= 4 is 11.8 Å². The van der Waals surface area contributed by atoms with Crippen LogP contribution in [-0.4, -0.2) is 56.0 Å². The minimum absolute atomic E-state index is 0.00535. The van der Waals surface area contributed by atoms with E-state index in [-0.39, 0.29) is 23.3 Å². The number of carbonyl (C=O) groups is 2.